The lowest BCUT2D eigenvalue weighted by atomic mass is 10.3. The zero-order valence-corrected chi connectivity index (χ0v) is 10.1. The number of aromatic nitrogens is 2. The molecule has 0 amide bonds. The minimum absolute atomic E-state index is 0.336. The van der Waals surface area contributed by atoms with Gasteiger partial charge < -0.3 is 9.87 Å². The normalized spacial score (nSPS) is 12.1. The van der Waals surface area contributed by atoms with E-state index in [1.165, 1.54) is 6.20 Å². The second-order valence-corrected chi connectivity index (χ2v) is 4.46. The van der Waals surface area contributed by atoms with E-state index in [4.69, 9.17) is 16.2 Å². The highest BCUT2D eigenvalue weighted by molar-refractivity contribution is 7.79. The van der Waals surface area contributed by atoms with Crippen LogP contribution in [-0.2, 0) is 11.1 Å². The number of benzene rings is 1. The maximum absolute atomic E-state index is 10.8. The maximum atomic E-state index is 10.8. The van der Waals surface area contributed by atoms with E-state index < -0.39 is 11.1 Å². The largest absolute Gasteiger partial charge is 0.324 e. The van der Waals surface area contributed by atoms with Crippen LogP contribution in [0, 0.1) is 0 Å². The SMILES string of the molecule is O=S(O)c1ccc(Nc2nccc(Cl)n2)cc1. The van der Waals surface area contributed by atoms with Crippen LogP contribution in [0.4, 0.5) is 11.6 Å². The van der Waals surface area contributed by atoms with Crippen molar-refractivity contribution in [2.75, 3.05) is 5.32 Å². The van der Waals surface area contributed by atoms with E-state index in [-0.39, 0.29) is 0 Å². The average Bonchev–Trinajstić information content (AvgIpc) is 2.29. The molecule has 0 aliphatic heterocycles. The fraction of sp³-hybridized carbons (Fsp3) is 0. The van der Waals surface area contributed by atoms with E-state index in [1.54, 1.807) is 30.3 Å². The molecule has 1 aromatic heterocycles. The molecule has 17 heavy (non-hydrogen) atoms. The van der Waals surface area contributed by atoms with Crippen molar-refractivity contribution in [1.29, 1.82) is 0 Å². The predicted molar refractivity (Wildman–Crippen MR) is 65.8 cm³/mol. The summed E-state index contributed by atoms with van der Waals surface area (Å²) in [6.07, 6.45) is 1.54. The van der Waals surface area contributed by atoms with Gasteiger partial charge in [-0.1, -0.05) is 11.6 Å². The molecule has 0 radical (unpaired) electrons. The number of nitrogens with zero attached hydrogens (tertiary/aromatic N) is 2. The molecule has 1 aromatic carbocycles. The highest BCUT2D eigenvalue weighted by Crippen LogP contribution is 2.16. The van der Waals surface area contributed by atoms with Crippen molar-refractivity contribution in [3.63, 3.8) is 0 Å². The zero-order valence-electron chi connectivity index (χ0n) is 8.50. The van der Waals surface area contributed by atoms with Gasteiger partial charge in [-0.05, 0) is 30.3 Å². The summed E-state index contributed by atoms with van der Waals surface area (Å²) >= 11 is 3.75. The Kier molecular flexibility index (Phi) is 3.68. The Morgan fingerprint density at radius 2 is 1.94 bits per heavy atom. The van der Waals surface area contributed by atoms with Gasteiger partial charge in [-0.2, -0.15) is 0 Å². The number of hydrogen-bond donors (Lipinski definition) is 2. The summed E-state index contributed by atoms with van der Waals surface area (Å²) in [5.74, 6) is 0.371. The Hall–Kier alpha value is -1.50. The molecule has 0 aliphatic rings. The maximum Gasteiger partial charge on any atom is 0.228 e. The molecule has 1 heterocycles. The molecule has 1 atom stereocenters. The molecule has 5 nitrogen and oxygen atoms in total. The quantitative estimate of drug-likeness (QED) is 0.661. The van der Waals surface area contributed by atoms with Crippen molar-refractivity contribution < 1.29 is 8.76 Å². The van der Waals surface area contributed by atoms with Gasteiger partial charge in [0.25, 0.3) is 0 Å². The van der Waals surface area contributed by atoms with Crippen molar-refractivity contribution in [1.82, 2.24) is 9.97 Å². The highest BCUT2D eigenvalue weighted by Gasteiger charge is 2.01. The van der Waals surface area contributed by atoms with Crippen molar-refractivity contribution in [3.8, 4) is 0 Å². The molecule has 2 rings (SSSR count). The van der Waals surface area contributed by atoms with Crippen molar-refractivity contribution >= 4 is 34.3 Å². The molecule has 2 N–H and O–H groups in total. The number of anilines is 2. The van der Waals surface area contributed by atoms with Crippen LogP contribution in [0.15, 0.2) is 41.4 Å². The Morgan fingerprint density at radius 3 is 2.53 bits per heavy atom. The highest BCUT2D eigenvalue weighted by atomic mass is 35.5. The van der Waals surface area contributed by atoms with Gasteiger partial charge in [0.1, 0.15) is 5.15 Å². The lowest BCUT2D eigenvalue weighted by Gasteiger charge is -2.04. The second kappa shape index (κ2) is 5.22. The Morgan fingerprint density at radius 1 is 1.24 bits per heavy atom. The van der Waals surface area contributed by atoms with Gasteiger partial charge in [0, 0.05) is 11.9 Å². The average molecular weight is 270 g/mol. The Balaban J connectivity index is 2.16. The molecular formula is C10H8ClN3O2S. The fourth-order valence-corrected chi connectivity index (χ4v) is 1.69. The van der Waals surface area contributed by atoms with E-state index in [0.717, 1.165) is 0 Å². The molecule has 0 bridgehead atoms. The van der Waals surface area contributed by atoms with E-state index >= 15 is 0 Å². The molecule has 88 valence electrons. The molecule has 2 aromatic rings. The predicted octanol–water partition coefficient (Wildman–Crippen LogP) is 2.45. The summed E-state index contributed by atoms with van der Waals surface area (Å²) < 4.78 is 19.6. The third-order valence-corrected chi connectivity index (χ3v) is 2.82. The summed E-state index contributed by atoms with van der Waals surface area (Å²) in [4.78, 5) is 8.27. The summed E-state index contributed by atoms with van der Waals surface area (Å²) in [5, 5.41) is 3.27. The van der Waals surface area contributed by atoms with E-state index in [9.17, 15) is 4.21 Å². The van der Waals surface area contributed by atoms with Crippen molar-refractivity contribution in [2.24, 2.45) is 0 Å². The minimum atomic E-state index is -1.97. The van der Waals surface area contributed by atoms with Gasteiger partial charge in [-0.3, -0.25) is 0 Å². The van der Waals surface area contributed by atoms with E-state index in [2.05, 4.69) is 15.3 Å². The van der Waals surface area contributed by atoms with Crippen molar-refractivity contribution in [3.05, 3.63) is 41.7 Å². The standard InChI is InChI=1S/C10H8ClN3O2S/c11-9-5-6-12-10(14-9)13-7-1-3-8(4-2-7)17(15)16/h1-6H,(H,15,16)(H,12,13,14). The van der Waals surface area contributed by atoms with Gasteiger partial charge >= 0.3 is 0 Å². The monoisotopic (exact) mass is 269 g/mol. The first-order valence-electron chi connectivity index (χ1n) is 4.61. The Labute approximate surface area is 105 Å². The first kappa shape index (κ1) is 12.0. The van der Waals surface area contributed by atoms with Gasteiger partial charge in [-0.25, -0.2) is 14.2 Å². The summed E-state index contributed by atoms with van der Waals surface area (Å²) in [6.45, 7) is 0. The number of rotatable bonds is 3. The zero-order chi connectivity index (χ0) is 12.3. The molecular weight excluding hydrogens is 262 g/mol. The topological polar surface area (TPSA) is 75.1 Å². The molecule has 0 aliphatic carbocycles. The molecule has 1 unspecified atom stereocenters. The van der Waals surface area contributed by atoms with Gasteiger partial charge in [0.2, 0.25) is 5.95 Å². The van der Waals surface area contributed by atoms with Crippen LogP contribution < -0.4 is 5.32 Å². The summed E-state index contributed by atoms with van der Waals surface area (Å²) in [5.41, 5.74) is 0.710. The van der Waals surface area contributed by atoms with Crippen LogP contribution in [0.3, 0.4) is 0 Å². The van der Waals surface area contributed by atoms with Crippen LogP contribution in [-0.4, -0.2) is 18.7 Å². The minimum Gasteiger partial charge on any atom is -0.324 e. The number of nitrogens with one attached hydrogen (secondary N) is 1. The van der Waals surface area contributed by atoms with Crippen LogP contribution in [0.2, 0.25) is 5.15 Å². The lowest BCUT2D eigenvalue weighted by Crippen LogP contribution is -1.97. The Bertz CT molecular complexity index is 548. The third kappa shape index (κ3) is 3.23. The number of halogens is 1. The van der Waals surface area contributed by atoms with Gasteiger partial charge in [0.15, 0.2) is 11.1 Å². The summed E-state index contributed by atoms with van der Waals surface area (Å²) in [6, 6.07) is 7.98. The summed E-state index contributed by atoms with van der Waals surface area (Å²) in [7, 11) is 0. The number of hydrogen-bond acceptors (Lipinski definition) is 4. The molecule has 0 spiro atoms. The lowest BCUT2D eigenvalue weighted by molar-refractivity contribution is 0.564. The first-order chi connectivity index (χ1) is 8.15. The third-order valence-electron chi connectivity index (χ3n) is 1.93. The van der Waals surface area contributed by atoms with Crippen LogP contribution in [0.5, 0.6) is 0 Å². The van der Waals surface area contributed by atoms with Crippen LogP contribution >= 0.6 is 11.6 Å². The van der Waals surface area contributed by atoms with E-state index in [1.807, 2.05) is 0 Å². The van der Waals surface area contributed by atoms with Gasteiger partial charge in [-0.15, -0.1) is 0 Å². The molecule has 7 heteroatoms. The first-order valence-corrected chi connectivity index (χ1v) is 6.10. The molecule has 0 saturated heterocycles. The molecule has 0 fully saturated rings. The smallest absolute Gasteiger partial charge is 0.228 e. The van der Waals surface area contributed by atoms with Crippen LogP contribution in [0.25, 0.3) is 0 Å². The van der Waals surface area contributed by atoms with Gasteiger partial charge in [0.05, 0.1) is 4.90 Å². The fourth-order valence-electron chi connectivity index (χ4n) is 1.18. The van der Waals surface area contributed by atoms with Crippen molar-refractivity contribution in [2.45, 2.75) is 4.90 Å². The van der Waals surface area contributed by atoms with Crippen LogP contribution in [0.1, 0.15) is 0 Å². The van der Waals surface area contributed by atoms with E-state index in [0.29, 0.717) is 21.7 Å². The molecule has 0 saturated carbocycles. The second-order valence-electron chi connectivity index (χ2n) is 3.10.